The van der Waals surface area contributed by atoms with Gasteiger partial charge >= 0.3 is 0 Å². The maximum absolute atomic E-state index is 9.24. The molecular weight excluding hydrogens is 272 g/mol. The van der Waals surface area contributed by atoms with Crippen molar-refractivity contribution >= 4 is 17.0 Å². The maximum Gasteiger partial charge on any atom is 0.191 e. The third-order valence-electron chi connectivity index (χ3n) is 2.91. The van der Waals surface area contributed by atoms with Gasteiger partial charge in [-0.25, -0.2) is 4.98 Å². The van der Waals surface area contributed by atoms with E-state index in [0.717, 1.165) is 22.2 Å². The van der Waals surface area contributed by atoms with Crippen LogP contribution in [0.4, 0.5) is 5.69 Å². The molecule has 0 saturated carbocycles. The van der Waals surface area contributed by atoms with Crippen LogP contribution in [0.1, 0.15) is 5.82 Å². The van der Waals surface area contributed by atoms with Crippen molar-refractivity contribution in [3.05, 3.63) is 47.6 Å². The lowest BCUT2D eigenvalue weighted by molar-refractivity contribution is 0.475. The molecule has 0 unspecified atom stereocenters. The van der Waals surface area contributed by atoms with Crippen LogP contribution in [0.3, 0.4) is 0 Å². The smallest absolute Gasteiger partial charge is 0.191 e. The van der Waals surface area contributed by atoms with E-state index in [1.54, 1.807) is 28.2 Å². The van der Waals surface area contributed by atoms with Crippen molar-refractivity contribution in [3.8, 4) is 16.5 Å². The lowest BCUT2D eigenvalue weighted by Gasteiger charge is -2.05. The van der Waals surface area contributed by atoms with Gasteiger partial charge in [0, 0.05) is 12.7 Å². The van der Waals surface area contributed by atoms with Crippen LogP contribution in [0.15, 0.2) is 41.8 Å². The van der Waals surface area contributed by atoms with Gasteiger partial charge in [0.1, 0.15) is 11.6 Å². The molecule has 0 aliphatic heterocycles. The van der Waals surface area contributed by atoms with E-state index in [1.165, 1.54) is 0 Å². The van der Waals surface area contributed by atoms with E-state index in [-0.39, 0.29) is 5.75 Å². The van der Waals surface area contributed by atoms with Crippen molar-refractivity contribution in [2.24, 2.45) is 7.05 Å². The highest BCUT2D eigenvalue weighted by molar-refractivity contribution is 7.13. The quantitative estimate of drug-likeness (QED) is 0.724. The molecule has 0 amide bonds. The topological polar surface area (TPSA) is 63.0 Å². The zero-order valence-electron chi connectivity index (χ0n) is 10.9. The summed E-state index contributed by atoms with van der Waals surface area (Å²) in [6.45, 7) is 0.583. The molecule has 20 heavy (non-hydrogen) atoms. The van der Waals surface area contributed by atoms with E-state index in [1.807, 2.05) is 36.7 Å². The highest BCUT2D eigenvalue weighted by atomic mass is 32.1. The molecule has 0 radical (unpaired) electrons. The van der Waals surface area contributed by atoms with Crippen LogP contribution in [0.25, 0.3) is 10.7 Å². The number of nitrogens with one attached hydrogen (secondary N) is 1. The van der Waals surface area contributed by atoms with Gasteiger partial charge in [0.25, 0.3) is 0 Å². The fourth-order valence-electron chi connectivity index (χ4n) is 1.84. The van der Waals surface area contributed by atoms with Crippen LogP contribution in [-0.4, -0.2) is 19.9 Å². The van der Waals surface area contributed by atoms with Crippen LogP contribution in [0.2, 0.25) is 0 Å². The van der Waals surface area contributed by atoms with Gasteiger partial charge in [-0.2, -0.15) is 5.10 Å². The number of hydrogen-bond acceptors (Lipinski definition) is 5. The van der Waals surface area contributed by atoms with Crippen LogP contribution < -0.4 is 5.32 Å². The zero-order chi connectivity index (χ0) is 13.9. The first kappa shape index (κ1) is 12.7. The molecule has 2 N–H and O–H groups in total. The molecule has 3 aromatic rings. The molecular formula is C14H14N4OS. The predicted octanol–water partition coefficient (Wildman–Crippen LogP) is 2.86. The second-order valence-corrected chi connectivity index (χ2v) is 5.30. The molecule has 2 aromatic heterocycles. The molecule has 6 heteroatoms. The van der Waals surface area contributed by atoms with E-state index < -0.39 is 0 Å². The van der Waals surface area contributed by atoms with E-state index in [0.29, 0.717) is 6.54 Å². The van der Waals surface area contributed by atoms with Gasteiger partial charge in [-0.05, 0) is 35.7 Å². The second-order valence-electron chi connectivity index (χ2n) is 4.35. The van der Waals surface area contributed by atoms with Crippen LogP contribution in [0.5, 0.6) is 5.75 Å². The Hall–Kier alpha value is -2.34. The van der Waals surface area contributed by atoms with Crippen molar-refractivity contribution in [1.82, 2.24) is 14.8 Å². The Balaban J connectivity index is 1.73. The number of aromatic nitrogens is 3. The van der Waals surface area contributed by atoms with E-state index >= 15 is 0 Å². The average Bonchev–Trinajstić information content (AvgIpc) is 3.08. The Labute approximate surface area is 120 Å². The summed E-state index contributed by atoms with van der Waals surface area (Å²) in [4.78, 5) is 5.60. The first-order valence-electron chi connectivity index (χ1n) is 6.19. The van der Waals surface area contributed by atoms with Gasteiger partial charge in [0.05, 0.1) is 11.4 Å². The summed E-state index contributed by atoms with van der Waals surface area (Å²) in [5.41, 5.74) is 0.934. The van der Waals surface area contributed by atoms with Gasteiger partial charge in [-0.1, -0.05) is 6.07 Å². The summed E-state index contributed by atoms with van der Waals surface area (Å²) in [6, 6.07) is 11.0. The number of benzene rings is 1. The number of phenols is 1. The number of nitrogens with zero attached hydrogens (tertiary/aromatic N) is 3. The summed E-state index contributed by atoms with van der Waals surface area (Å²) in [6.07, 6.45) is 0. The lowest BCUT2D eigenvalue weighted by Crippen LogP contribution is -2.06. The fraction of sp³-hybridized carbons (Fsp3) is 0.143. The molecule has 2 heterocycles. The SMILES string of the molecule is Cn1nc(-c2cccs2)nc1CNc1ccc(O)cc1. The first-order valence-corrected chi connectivity index (χ1v) is 7.07. The van der Waals surface area contributed by atoms with E-state index in [4.69, 9.17) is 0 Å². The molecule has 3 rings (SSSR count). The molecule has 0 spiro atoms. The third kappa shape index (κ3) is 2.65. The Morgan fingerprint density at radius 2 is 2.05 bits per heavy atom. The van der Waals surface area contributed by atoms with Gasteiger partial charge in [0.15, 0.2) is 5.82 Å². The summed E-state index contributed by atoms with van der Waals surface area (Å²) in [7, 11) is 1.89. The Morgan fingerprint density at radius 1 is 1.25 bits per heavy atom. The van der Waals surface area contributed by atoms with Crippen molar-refractivity contribution < 1.29 is 5.11 Å². The summed E-state index contributed by atoms with van der Waals surface area (Å²) >= 11 is 1.63. The summed E-state index contributed by atoms with van der Waals surface area (Å²) < 4.78 is 1.78. The van der Waals surface area contributed by atoms with Crippen molar-refractivity contribution in [2.75, 3.05) is 5.32 Å². The minimum absolute atomic E-state index is 0.259. The highest BCUT2D eigenvalue weighted by Crippen LogP contribution is 2.21. The lowest BCUT2D eigenvalue weighted by atomic mass is 10.3. The summed E-state index contributed by atoms with van der Waals surface area (Å²) in [5.74, 6) is 1.88. The Kier molecular flexibility index (Phi) is 3.39. The number of anilines is 1. The van der Waals surface area contributed by atoms with Crippen LogP contribution >= 0.6 is 11.3 Å². The number of aromatic hydroxyl groups is 1. The maximum atomic E-state index is 9.24. The standard InChI is InChI=1S/C14H14N4OS/c1-18-13(9-15-10-4-6-11(19)7-5-10)16-14(17-18)12-3-2-8-20-12/h2-8,15,19H,9H2,1H3. The first-order chi connectivity index (χ1) is 9.72. The Bertz CT molecular complexity index is 689. The largest absolute Gasteiger partial charge is 0.508 e. The van der Waals surface area contributed by atoms with Gasteiger partial charge in [0.2, 0.25) is 0 Å². The van der Waals surface area contributed by atoms with Crippen molar-refractivity contribution in [2.45, 2.75) is 6.54 Å². The average molecular weight is 286 g/mol. The van der Waals surface area contributed by atoms with E-state index in [2.05, 4.69) is 15.4 Å². The molecule has 0 aliphatic carbocycles. The van der Waals surface area contributed by atoms with Gasteiger partial charge < -0.3 is 10.4 Å². The number of aryl methyl sites for hydroxylation is 1. The number of phenolic OH excluding ortho intramolecular Hbond substituents is 1. The monoisotopic (exact) mass is 286 g/mol. The molecule has 0 bridgehead atoms. The summed E-state index contributed by atoms with van der Waals surface area (Å²) in [5, 5.41) is 18.9. The normalized spacial score (nSPS) is 10.7. The molecule has 0 aliphatic rings. The third-order valence-corrected chi connectivity index (χ3v) is 3.78. The fourth-order valence-corrected chi connectivity index (χ4v) is 2.49. The Morgan fingerprint density at radius 3 is 2.75 bits per heavy atom. The second kappa shape index (κ2) is 5.34. The van der Waals surface area contributed by atoms with Gasteiger partial charge in [-0.15, -0.1) is 11.3 Å². The van der Waals surface area contributed by atoms with Crippen LogP contribution in [-0.2, 0) is 13.6 Å². The number of thiophene rings is 1. The molecule has 0 atom stereocenters. The molecule has 0 saturated heterocycles. The van der Waals surface area contributed by atoms with Crippen LogP contribution in [0, 0.1) is 0 Å². The minimum atomic E-state index is 0.259. The zero-order valence-corrected chi connectivity index (χ0v) is 11.8. The van der Waals surface area contributed by atoms with Gasteiger partial charge in [-0.3, -0.25) is 4.68 Å². The molecule has 102 valence electrons. The predicted molar refractivity (Wildman–Crippen MR) is 79.7 cm³/mol. The number of hydrogen-bond donors (Lipinski definition) is 2. The molecule has 1 aromatic carbocycles. The van der Waals surface area contributed by atoms with Crippen molar-refractivity contribution in [1.29, 1.82) is 0 Å². The highest BCUT2D eigenvalue weighted by Gasteiger charge is 2.09. The molecule has 5 nitrogen and oxygen atoms in total. The van der Waals surface area contributed by atoms with E-state index in [9.17, 15) is 5.11 Å². The number of rotatable bonds is 4. The molecule has 0 fully saturated rings. The minimum Gasteiger partial charge on any atom is -0.508 e. The van der Waals surface area contributed by atoms with Crippen molar-refractivity contribution in [3.63, 3.8) is 0 Å².